The predicted octanol–water partition coefficient (Wildman–Crippen LogP) is 4.68. The van der Waals surface area contributed by atoms with Crippen molar-refractivity contribution in [2.24, 2.45) is 0 Å². The van der Waals surface area contributed by atoms with E-state index in [4.69, 9.17) is 11.6 Å². The van der Waals surface area contributed by atoms with Crippen molar-refractivity contribution in [1.29, 1.82) is 0 Å². The zero-order chi connectivity index (χ0) is 27.5. The molecule has 1 aromatic heterocycles. The molecule has 0 fully saturated rings. The fourth-order valence-corrected chi connectivity index (χ4v) is 5.50. The molecule has 38 heavy (non-hydrogen) atoms. The molecule has 0 bridgehead atoms. The lowest BCUT2D eigenvalue weighted by Crippen LogP contribution is -2.42. The van der Waals surface area contributed by atoms with Gasteiger partial charge in [0, 0.05) is 24.2 Å². The second-order valence-corrected chi connectivity index (χ2v) is 11.6. The molecular weight excluding hydrogens is 528 g/mol. The van der Waals surface area contributed by atoms with Crippen molar-refractivity contribution in [2.75, 3.05) is 11.3 Å². The van der Waals surface area contributed by atoms with Gasteiger partial charge in [0.1, 0.15) is 5.52 Å². The van der Waals surface area contributed by atoms with Crippen LogP contribution in [0, 0.1) is 0 Å². The Morgan fingerprint density at radius 3 is 2.47 bits per heavy atom. The third kappa shape index (κ3) is 6.16. The lowest BCUT2D eigenvalue weighted by atomic mass is 9.99. The number of sulfonamides is 1. The van der Waals surface area contributed by atoms with Crippen LogP contribution >= 0.6 is 11.6 Å². The highest BCUT2D eigenvalue weighted by Crippen LogP contribution is 2.28. The largest absolute Gasteiger partial charge is 0.478 e. The maximum Gasteiger partial charge on any atom is 0.337 e. The highest BCUT2D eigenvalue weighted by molar-refractivity contribution is 7.92. The molecule has 200 valence electrons. The van der Waals surface area contributed by atoms with Crippen LogP contribution in [-0.2, 0) is 16.6 Å². The Morgan fingerprint density at radius 2 is 1.76 bits per heavy atom. The Kier molecular flexibility index (Phi) is 8.08. The molecule has 0 saturated heterocycles. The maximum absolute atomic E-state index is 12.8. The highest BCUT2D eigenvalue weighted by Gasteiger charge is 2.23. The number of β-amino-alcohol motifs (C(OH)–C–C–N with tert-alkyl or cyclic N) is 1. The molecule has 4 aromatic rings. The fourth-order valence-electron chi connectivity index (χ4n) is 4.10. The standard InChI is InChI=1S/C27H29ClN4O5S/c1-27(2,14-15-32-17-29-25-22(32)13-12-20(24(25)28)26(34)35)30-16-23(33)19-10-6-7-11-21(19)31-38(36,37)18-8-4-3-5-9-18/h3-13,17,23,30-31,33H,14-16H2,1-2H3,(H,34,35). The smallest absolute Gasteiger partial charge is 0.337 e. The number of anilines is 1. The van der Waals surface area contributed by atoms with Crippen molar-refractivity contribution in [1.82, 2.24) is 14.9 Å². The van der Waals surface area contributed by atoms with Gasteiger partial charge in [-0.2, -0.15) is 0 Å². The van der Waals surface area contributed by atoms with Gasteiger partial charge in [-0.15, -0.1) is 0 Å². The molecule has 0 aliphatic rings. The number of aromatic nitrogens is 2. The number of aliphatic hydroxyl groups excluding tert-OH is 1. The van der Waals surface area contributed by atoms with Gasteiger partial charge in [-0.05, 0) is 50.6 Å². The van der Waals surface area contributed by atoms with E-state index in [1.54, 1.807) is 54.9 Å². The number of carboxylic acids is 1. The molecule has 0 aliphatic carbocycles. The summed E-state index contributed by atoms with van der Waals surface area (Å²) in [6.45, 7) is 4.76. The highest BCUT2D eigenvalue weighted by atomic mass is 35.5. The van der Waals surface area contributed by atoms with Gasteiger partial charge >= 0.3 is 5.97 Å². The predicted molar refractivity (Wildman–Crippen MR) is 147 cm³/mol. The number of aryl methyl sites for hydroxylation is 1. The van der Waals surface area contributed by atoms with Crippen LogP contribution in [-0.4, -0.2) is 46.2 Å². The van der Waals surface area contributed by atoms with E-state index in [0.717, 1.165) is 5.52 Å². The first-order valence-electron chi connectivity index (χ1n) is 11.9. The Balaban J connectivity index is 1.41. The second kappa shape index (κ2) is 11.1. The summed E-state index contributed by atoms with van der Waals surface area (Å²) in [6, 6.07) is 18.0. The topological polar surface area (TPSA) is 134 Å². The average molecular weight is 557 g/mol. The minimum atomic E-state index is -3.81. The number of benzene rings is 3. The van der Waals surface area contributed by atoms with Crippen LogP contribution < -0.4 is 10.0 Å². The van der Waals surface area contributed by atoms with E-state index >= 15 is 0 Å². The lowest BCUT2D eigenvalue weighted by Gasteiger charge is -2.28. The molecule has 0 amide bonds. The third-order valence-corrected chi connectivity index (χ3v) is 8.09. The third-order valence-electron chi connectivity index (χ3n) is 6.33. The summed E-state index contributed by atoms with van der Waals surface area (Å²) in [5.41, 5.74) is 1.54. The van der Waals surface area contributed by atoms with Crippen molar-refractivity contribution in [3.63, 3.8) is 0 Å². The van der Waals surface area contributed by atoms with Gasteiger partial charge < -0.3 is 20.1 Å². The molecule has 1 unspecified atom stereocenters. The minimum absolute atomic E-state index is 0.00624. The summed E-state index contributed by atoms with van der Waals surface area (Å²) in [4.78, 5) is 15.8. The SMILES string of the molecule is CC(C)(CCn1cnc2c(Cl)c(C(=O)O)ccc21)NCC(O)c1ccccc1NS(=O)(=O)c1ccccc1. The fraction of sp³-hybridized carbons (Fsp3) is 0.259. The van der Waals surface area contributed by atoms with Crippen LogP contribution in [0.5, 0.6) is 0 Å². The van der Waals surface area contributed by atoms with Crippen LogP contribution in [0.15, 0.2) is 78.0 Å². The number of carbonyl (C=O) groups is 1. The number of imidazole rings is 1. The van der Waals surface area contributed by atoms with E-state index in [2.05, 4.69) is 15.0 Å². The summed E-state index contributed by atoms with van der Waals surface area (Å²) in [5, 5.41) is 23.7. The lowest BCUT2D eigenvalue weighted by molar-refractivity contribution is 0.0697. The van der Waals surface area contributed by atoms with Crippen molar-refractivity contribution in [3.8, 4) is 0 Å². The first-order chi connectivity index (χ1) is 18.0. The van der Waals surface area contributed by atoms with E-state index in [1.165, 1.54) is 18.2 Å². The number of hydrogen-bond donors (Lipinski definition) is 4. The van der Waals surface area contributed by atoms with Crippen LogP contribution in [0.2, 0.25) is 5.02 Å². The molecule has 0 saturated carbocycles. The normalized spacial score (nSPS) is 12.9. The van der Waals surface area contributed by atoms with Gasteiger partial charge in [0.25, 0.3) is 10.0 Å². The second-order valence-electron chi connectivity index (χ2n) is 9.57. The zero-order valence-electron chi connectivity index (χ0n) is 20.9. The van der Waals surface area contributed by atoms with Crippen LogP contribution in [0.25, 0.3) is 11.0 Å². The number of hydrogen-bond acceptors (Lipinski definition) is 6. The van der Waals surface area contributed by atoms with Gasteiger partial charge in [0.15, 0.2) is 0 Å². The van der Waals surface area contributed by atoms with Gasteiger partial charge in [-0.25, -0.2) is 18.2 Å². The summed E-state index contributed by atoms with van der Waals surface area (Å²) in [7, 11) is -3.81. The summed E-state index contributed by atoms with van der Waals surface area (Å²) in [5.74, 6) is -1.11. The van der Waals surface area contributed by atoms with E-state index in [1.807, 2.05) is 18.4 Å². The quantitative estimate of drug-likeness (QED) is 0.211. The van der Waals surface area contributed by atoms with E-state index in [0.29, 0.717) is 29.7 Å². The van der Waals surface area contributed by atoms with Gasteiger partial charge in [-0.3, -0.25) is 4.72 Å². The van der Waals surface area contributed by atoms with Crippen LogP contribution in [0.3, 0.4) is 0 Å². The molecule has 0 radical (unpaired) electrons. The van der Waals surface area contributed by atoms with Crippen LogP contribution in [0.4, 0.5) is 5.69 Å². The van der Waals surface area contributed by atoms with Crippen LogP contribution in [0.1, 0.15) is 42.3 Å². The number of halogens is 1. The number of nitrogens with one attached hydrogen (secondary N) is 2. The first kappa shape index (κ1) is 27.6. The number of para-hydroxylation sites is 1. The number of fused-ring (bicyclic) bond motifs is 1. The Morgan fingerprint density at radius 1 is 1.08 bits per heavy atom. The van der Waals surface area contributed by atoms with Crippen molar-refractivity contribution >= 4 is 44.3 Å². The Hall–Kier alpha value is -3.44. The van der Waals surface area contributed by atoms with E-state index in [9.17, 15) is 23.4 Å². The van der Waals surface area contributed by atoms with E-state index < -0.39 is 27.6 Å². The molecule has 4 N–H and O–H groups in total. The van der Waals surface area contributed by atoms with Crippen molar-refractivity contribution in [3.05, 3.63) is 89.2 Å². The minimum Gasteiger partial charge on any atom is -0.478 e. The molecule has 1 heterocycles. The molecule has 11 heteroatoms. The zero-order valence-corrected chi connectivity index (χ0v) is 22.5. The number of nitrogens with zero attached hydrogens (tertiary/aromatic N) is 2. The Labute approximate surface area is 226 Å². The monoisotopic (exact) mass is 556 g/mol. The summed E-state index contributed by atoms with van der Waals surface area (Å²) in [6.07, 6.45) is 1.32. The number of aromatic carboxylic acids is 1. The van der Waals surface area contributed by atoms with Crippen molar-refractivity contribution in [2.45, 2.75) is 43.4 Å². The van der Waals surface area contributed by atoms with Gasteiger partial charge in [0.2, 0.25) is 0 Å². The average Bonchev–Trinajstić information content (AvgIpc) is 3.31. The number of carboxylic acid groups (broad SMARTS) is 1. The molecule has 1 atom stereocenters. The van der Waals surface area contributed by atoms with E-state index in [-0.39, 0.29) is 22.0 Å². The maximum atomic E-state index is 12.8. The number of rotatable bonds is 11. The van der Waals surface area contributed by atoms with Crippen molar-refractivity contribution < 1.29 is 23.4 Å². The summed E-state index contributed by atoms with van der Waals surface area (Å²) < 4.78 is 30.1. The molecule has 0 aliphatic heterocycles. The van der Waals surface area contributed by atoms with Gasteiger partial charge in [-0.1, -0.05) is 48.0 Å². The molecule has 9 nitrogen and oxygen atoms in total. The molecular formula is C27H29ClN4O5S. The Bertz CT molecular complexity index is 1550. The first-order valence-corrected chi connectivity index (χ1v) is 13.8. The van der Waals surface area contributed by atoms with Gasteiger partial charge in [0.05, 0.1) is 39.1 Å². The summed E-state index contributed by atoms with van der Waals surface area (Å²) >= 11 is 6.23. The molecule has 3 aromatic carbocycles. The molecule has 0 spiro atoms. The number of aliphatic hydroxyl groups is 1. The molecule has 4 rings (SSSR count).